The van der Waals surface area contributed by atoms with Crippen LogP contribution in [0.25, 0.3) is 0 Å². The first-order chi connectivity index (χ1) is 9.22. The quantitative estimate of drug-likeness (QED) is 0.888. The van der Waals surface area contributed by atoms with Crippen molar-refractivity contribution in [3.8, 4) is 0 Å². The van der Waals surface area contributed by atoms with Crippen LogP contribution < -0.4 is 5.32 Å². The molecule has 0 aliphatic carbocycles. The Balaban J connectivity index is 2.27. The third-order valence-electron chi connectivity index (χ3n) is 2.96. The van der Waals surface area contributed by atoms with Crippen LogP contribution in [0.2, 0.25) is 10.0 Å². The van der Waals surface area contributed by atoms with E-state index in [0.29, 0.717) is 10.0 Å². The van der Waals surface area contributed by atoms with Gasteiger partial charge in [0.15, 0.2) is 0 Å². The average molecular weight is 301 g/mol. The van der Waals surface area contributed by atoms with Gasteiger partial charge in [-0.05, 0) is 37.9 Å². The fraction of sp³-hybridized carbons (Fsp3) is 0.500. The SMILES string of the molecule is CCCNC(C1=CCCCO1)c1ncc(Cl)cc1Cl. The molecule has 0 aromatic carbocycles. The molecule has 3 nitrogen and oxygen atoms in total. The van der Waals surface area contributed by atoms with E-state index in [0.717, 1.165) is 43.9 Å². The molecule has 1 aliphatic heterocycles. The molecule has 1 aromatic heterocycles. The van der Waals surface area contributed by atoms with Crippen molar-refractivity contribution in [3.05, 3.63) is 39.8 Å². The minimum Gasteiger partial charge on any atom is -0.496 e. The van der Waals surface area contributed by atoms with Crippen molar-refractivity contribution in [1.29, 1.82) is 0 Å². The third kappa shape index (κ3) is 3.85. The van der Waals surface area contributed by atoms with Gasteiger partial charge in [0.2, 0.25) is 0 Å². The van der Waals surface area contributed by atoms with Crippen molar-refractivity contribution in [2.75, 3.05) is 13.2 Å². The maximum absolute atomic E-state index is 6.25. The Morgan fingerprint density at radius 2 is 2.32 bits per heavy atom. The van der Waals surface area contributed by atoms with E-state index in [9.17, 15) is 0 Å². The van der Waals surface area contributed by atoms with Crippen LogP contribution in [0.1, 0.15) is 37.9 Å². The second kappa shape index (κ2) is 7.13. The number of rotatable bonds is 5. The van der Waals surface area contributed by atoms with E-state index in [1.54, 1.807) is 12.3 Å². The molecule has 0 radical (unpaired) electrons. The molecule has 0 bridgehead atoms. The van der Waals surface area contributed by atoms with Crippen LogP contribution >= 0.6 is 23.2 Å². The van der Waals surface area contributed by atoms with E-state index < -0.39 is 0 Å². The van der Waals surface area contributed by atoms with Crippen LogP contribution in [0.4, 0.5) is 0 Å². The lowest BCUT2D eigenvalue weighted by atomic mass is 10.1. The van der Waals surface area contributed by atoms with E-state index in [4.69, 9.17) is 27.9 Å². The van der Waals surface area contributed by atoms with Crippen molar-refractivity contribution in [2.45, 2.75) is 32.2 Å². The maximum Gasteiger partial charge on any atom is 0.115 e. The van der Waals surface area contributed by atoms with Crippen molar-refractivity contribution < 1.29 is 4.74 Å². The van der Waals surface area contributed by atoms with Gasteiger partial charge in [-0.3, -0.25) is 4.98 Å². The number of nitrogens with one attached hydrogen (secondary N) is 1. The zero-order chi connectivity index (χ0) is 13.7. The van der Waals surface area contributed by atoms with E-state index in [1.807, 2.05) is 0 Å². The number of aromatic nitrogens is 1. The minimum absolute atomic E-state index is 0.0926. The Morgan fingerprint density at radius 1 is 1.47 bits per heavy atom. The van der Waals surface area contributed by atoms with Gasteiger partial charge < -0.3 is 10.1 Å². The first kappa shape index (κ1) is 14.6. The second-order valence-corrected chi connectivity index (χ2v) is 5.35. The molecule has 0 fully saturated rings. The van der Waals surface area contributed by atoms with Crippen molar-refractivity contribution in [3.63, 3.8) is 0 Å². The monoisotopic (exact) mass is 300 g/mol. The normalized spacial score (nSPS) is 16.7. The molecule has 2 heterocycles. The number of ether oxygens (including phenoxy) is 1. The van der Waals surface area contributed by atoms with Crippen LogP contribution in [-0.2, 0) is 4.74 Å². The highest BCUT2D eigenvalue weighted by Gasteiger charge is 2.23. The van der Waals surface area contributed by atoms with Crippen molar-refractivity contribution in [1.82, 2.24) is 10.3 Å². The zero-order valence-corrected chi connectivity index (χ0v) is 12.5. The van der Waals surface area contributed by atoms with Gasteiger partial charge in [0.25, 0.3) is 0 Å². The number of hydrogen-bond acceptors (Lipinski definition) is 3. The van der Waals surface area contributed by atoms with Gasteiger partial charge in [0, 0.05) is 6.20 Å². The summed E-state index contributed by atoms with van der Waals surface area (Å²) in [4.78, 5) is 4.36. The van der Waals surface area contributed by atoms with Crippen molar-refractivity contribution in [2.24, 2.45) is 0 Å². The molecule has 19 heavy (non-hydrogen) atoms. The first-order valence-electron chi connectivity index (χ1n) is 6.59. The molecule has 1 unspecified atom stereocenters. The van der Waals surface area contributed by atoms with Gasteiger partial charge in [0.05, 0.1) is 22.3 Å². The summed E-state index contributed by atoms with van der Waals surface area (Å²) in [6.07, 6.45) is 6.86. The number of pyridine rings is 1. The molecule has 5 heteroatoms. The fourth-order valence-corrected chi connectivity index (χ4v) is 2.53. The third-order valence-corrected chi connectivity index (χ3v) is 3.46. The van der Waals surface area contributed by atoms with E-state index >= 15 is 0 Å². The fourth-order valence-electron chi connectivity index (χ4n) is 2.04. The van der Waals surface area contributed by atoms with Gasteiger partial charge in [-0.1, -0.05) is 30.1 Å². The summed E-state index contributed by atoms with van der Waals surface area (Å²) in [5, 5.41) is 4.54. The van der Waals surface area contributed by atoms with Gasteiger partial charge in [-0.15, -0.1) is 0 Å². The standard InChI is InChI=1S/C14H18Cl2N2O/c1-2-6-17-14(12-5-3-4-7-19-12)13-11(16)8-10(15)9-18-13/h5,8-9,14,17H,2-4,6-7H2,1H3. The summed E-state index contributed by atoms with van der Waals surface area (Å²) in [7, 11) is 0. The molecule has 0 spiro atoms. The van der Waals surface area contributed by atoms with Gasteiger partial charge in [-0.2, -0.15) is 0 Å². The number of halogens is 2. The highest BCUT2D eigenvalue weighted by molar-refractivity contribution is 6.34. The summed E-state index contributed by atoms with van der Waals surface area (Å²) in [6, 6.07) is 1.63. The minimum atomic E-state index is -0.0926. The molecular formula is C14H18Cl2N2O. The van der Waals surface area contributed by atoms with Gasteiger partial charge >= 0.3 is 0 Å². The van der Waals surface area contributed by atoms with Crippen LogP contribution in [0, 0.1) is 0 Å². The lowest BCUT2D eigenvalue weighted by molar-refractivity contribution is 0.167. The molecule has 0 saturated heterocycles. The highest BCUT2D eigenvalue weighted by Crippen LogP contribution is 2.30. The Morgan fingerprint density at radius 3 is 2.95 bits per heavy atom. The highest BCUT2D eigenvalue weighted by atomic mass is 35.5. The predicted octanol–water partition coefficient (Wildman–Crippen LogP) is 4.12. The van der Waals surface area contributed by atoms with Crippen LogP contribution in [0.5, 0.6) is 0 Å². The van der Waals surface area contributed by atoms with Crippen LogP contribution in [0.15, 0.2) is 24.1 Å². The zero-order valence-electron chi connectivity index (χ0n) is 11.0. The Hall–Kier alpha value is -0.770. The average Bonchev–Trinajstić information content (AvgIpc) is 2.42. The second-order valence-electron chi connectivity index (χ2n) is 4.50. The van der Waals surface area contributed by atoms with Crippen LogP contribution in [0.3, 0.4) is 0 Å². The summed E-state index contributed by atoms with van der Waals surface area (Å²) in [6.45, 7) is 3.75. The number of nitrogens with zero attached hydrogens (tertiary/aromatic N) is 1. The Labute approximate surface area is 124 Å². The van der Waals surface area contributed by atoms with Crippen LogP contribution in [-0.4, -0.2) is 18.1 Å². The van der Waals surface area contributed by atoms with Gasteiger partial charge in [-0.25, -0.2) is 0 Å². The molecule has 1 aliphatic rings. The molecule has 0 amide bonds. The van der Waals surface area contributed by atoms with E-state index in [2.05, 4.69) is 23.3 Å². The number of hydrogen-bond donors (Lipinski definition) is 1. The Bertz CT molecular complexity index is 463. The Kier molecular flexibility index (Phi) is 5.49. The number of allylic oxidation sites excluding steroid dienone is 1. The summed E-state index contributed by atoms with van der Waals surface area (Å²) in [5.74, 6) is 0.913. The predicted molar refractivity (Wildman–Crippen MR) is 78.6 cm³/mol. The smallest absolute Gasteiger partial charge is 0.115 e. The van der Waals surface area contributed by atoms with Crippen molar-refractivity contribution >= 4 is 23.2 Å². The summed E-state index contributed by atoms with van der Waals surface area (Å²) >= 11 is 12.2. The van der Waals surface area contributed by atoms with E-state index in [1.165, 1.54) is 0 Å². The molecule has 1 atom stereocenters. The lowest BCUT2D eigenvalue weighted by Gasteiger charge is -2.25. The first-order valence-corrected chi connectivity index (χ1v) is 7.35. The molecule has 0 saturated carbocycles. The molecule has 1 N–H and O–H groups in total. The van der Waals surface area contributed by atoms with Gasteiger partial charge in [0.1, 0.15) is 11.8 Å². The maximum atomic E-state index is 6.25. The molecule has 1 aromatic rings. The largest absolute Gasteiger partial charge is 0.496 e. The molecule has 104 valence electrons. The molecule has 2 rings (SSSR count). The topological polar surface area (TPSA) is 34.1 Å². The molecular weight excluding hydrogens is 283 g/mol. The lowest BCUT2D eigenvalue weighted by Crippen LogP contribution is -2.27. The summed E-state index contributed by atoms with van der Waals surface area (Å²) in [5.41, 5.74) is 0.771. The van der Waals surface area contributed by atoms with E-state index in [-0.39, 0.29) is 6.04 Å². The summed E-state index contributed by atoms with van der Waals surface area (Å²) < 4.78 is 5.74.